The molecule has 0 radical (unpaired) electrons. The van der Waals surface area contributed by atoms with Gasteiger partial charge in [-0.15, -0.1) is 12.4 Å². The van der Waals surface area contributed by atoms with Crippen LogP contribution >= 0.6 is 12.4 Å². The van der Waals surface area contributed by atoms with E-state index >= 15 is 0 Å². The van der Waals surface area contributed by atoms with E-state index in [2.05, 4.69) is 0 Å². The molecule has 0 amide bonds. The number of piperidine rings is 1. The number of halogens is 1. The van der Waals surface area contributed by atoms with Crippen LogP contribution in [0.4, 0.5) is 0 Å². The Bertz CT molecular complexity index is 511. The fraction of sp³-hybridized carbons (Fsp3) is 0.538. The summed E-state index contributed by atoms with van der Waals surface area (Å²) in [4.78, 5) is 0. The molecule has 1 saturated heterocycles. The molecule has 1 fully saturated rings. The van der Waals surface area contributed by atoms with Crippen LogP contribution in [-0.4, -0.2) is 31.9 Å². The van der Waals surface area contributed by atoms with Crippen molar-refractivity contribution in [1.82, 2.24) is 4.31 Å². The van der Waals surface area contributed by atoms with Gasteiger partial charge in [0.2, 0.25) is 10.0 Å². The molecule has 0 saturated carbocycles. The maximum absolute atomic E-state index is 12.3. The Morgan fingerprint density at radius 1 is 1.32 bits per heavy atom. The van der Waals surface area contributed by atoms with E-state index in [-0.39, 0.29) is 24.2 Å². The van der Waals surface area contributed by atoms with Crippen LogP contribution in [0.3, 0.4) is 0 Å². The van der Waals surface area contributed by atoms with Crippen molar-refractivity contribution in [3.05, 3.63) is 35.4 Å². The lowest BCUT2D eigenvalue weighted by Gasteiger charge is -2.29. The summed E-state index contributed by atoms with van der Waals surface area (Å²) in [7, 11) is -3.20. The summed E-state index contributed by atoms with van der Waals surface area (Å²) < 4.78 is 26.1. The third-order valence-electron chi connectivity index (χ3n) is 3.32. The van der Waals surface area contributed by atoms with Crippen molar-refractivity contribution in [1.29, 1.82) is 0 Å². The third kappa shape index (κ3) is 4.45. The Morgan fingerprint density at radius 3 is 2.53 bits per heavy atom. The first-order valence-corrected chi connectivity index (χ1v) is 7.87. The molecular formula is C13H21ClN2O2S. The number of benzene rings is 1. The minimum atomic E-state index is -3.20. The zero-order chi connectivity index (χ0) is 13.2. The van der Waals surface area contributed by atoms with E-state index in [4.69, 9.17) is 5.73 Å². The second-order valence-electron chi connectivity index (χ2n) is 4.98. The molecule has 0 spiro atoms. The molecule has 1 aliphatic heterocycles. The largest absolute Gasteiger partial charge is 0.328 e. The quantitative estimate of drug-likeness (QED) is 0.924. The fourth-order valence-corrected chi connectivity index (χ4v) is 3.81. The van der Waals surface area contributed by atoms with E-state index in [0.29, 0.717) is 13.1 Å². The van der Waals surface area contributed by atoms with Gasteiger partial charge in [-0.2, -0.15) is 0 Å². The van der Waals surface area contributed by atoms with Crippen LogP contribution in [0.15, 0.2) is 24.3 Å². The zero-order valence-electron chi connectivity index (χ0n) is 11.1. The van der Waals surface area contributed by atoms with Crippen LogP contribution in [0.25, 0.3) is 0 Å². The Balaban J connectivity index is 0.00000180. The van der Waals surface area contributed by atoms with E-state index in [1.807, 2.05) is 31.2 Å². The number of hydrogen-bond acceptors (Lipinski definition) is 3. The van der Waals surface area contributed by atoms with Gasteiger partial charge in [0, 0.05) is 19.1 Å². The van der Waals surface area contributed by atoms with Gasteiger partial charge in [0.15, 0.2) is 0 Å². The van der Waals surface area contributed by atoms with Crippen molar-refractivity contribution < 1.29 is 8.42 Å². The smallest absolute Gasteiger partial charge is 0.218 e. The summed E-state index contributed by atoms with van der Waals surface area (Å²) in [5, 5.41) is 0. The highest BCUT2D eigenvalue weighted by molar-refractivity contribution is 7.88. The molecule has 0 aliphatic carbocycles. The van der Waals surface area contributed by atoms with Gasteiger partial charge in [-0.1, -0.05) is 29.8 Å². The standard InChI is InChI=1S/C13H20N2O2S.ClH/c1-11-3-2-4-12(9-11)10-18(16,17)15-7-5-13(14)6-8-15;/h2-4,9,13H,5-8,10,14H2,1H3;1H. The first-order chi connectivity index (χ1) is 8.47. The number of rotatable bonds is 3. The van der Waals surface area contributed by atoms with E-state index in [1.54, 1.807) is 4.31 Å². The van der Waals surface area contributed by atoms with Gasteiger partial charge in [-0.05, 0) is 25.3 Å². The predicted molar refractivity (Wildman–Crippen MR) is 79.8 cm³/mol. The Kier molecular flexibility index (Phi) is 5.80. The van der Waals surface area contributed by atoms with Gasteiger partial charge in [-0.3, -0.25) is 0 Å². The summed E-state index contributed by atoms with van der Waals surface area (Å²) in [5.74, 6) is 0.0872. The van der Waals surface area contributed by atoms with Gasteiger partial charge in [0.05, 0.1) is 5.75 Å². The molecule has 0 aromatic heterocycles. The molecule has 0 unspecified atom stereocenters. The predicted octanol–water partition coefficient (Wildman–Crippen LogP) is 1.67. The van der Waals surface area contributed by atoms with Crippen molar-refractivity contribution >= 4 is 22.4 Å². The van der Waals surface area contributed by atoms with E-state index in [0.717, 1.165) is 24.0 Å². The van der Waals surface area contributed by atoms with Gasteiger partial charge < -0.3 is 5.73 Å². The fourth-order valence-electron chi connectivity index (χ4n) is 2.26. The number of sulfonamides is 1. The highest BCUT2D eigenvalue weighted by Crippen LogP contribution is 2.17. The maximum Gasteiger partial charge on any atom is 0.218 e. The Labute approximate surface area is 121 Å². The monoisotopic (exact) mass is 304 g/mol. The molecular weight excluding hydrogens is 284 g/mol. The van der Waals surface area contributed by atoms with Crippen molar-refractivity contribution in [3.63, 3.8) is 0 Å². The summed E-state index contributed by atoms with van der Waals surface area (Å²) in [6.07, 6.45) is 1.51. The molecule has 2 rings (SSSR count). The van der Waals surface area contributed by atoms with Crippen LogP contribution in [0, 0.1) is 6.92 Å². The normalized spacial score (nSPS) is 18.0. The number of hydrogen-bond donors (Lipinski definition) is 1. The summed E-state index contributed by atoms with van der Waals surface area (Å²) >= 11 is 0. The third-order valence-corrected chi connectivity index (χ3v) is 5.17. The highest BCUT2D eigenvalue weighted by Gasteiger charge is 2.26. The summed E-state index contributed by atoms with van der Waals surface area (Å²) in [6.45, 7) is 3.07. The molecule has 1 aliphatic rings. The van der Waals surface area contributed by atoms with Crippen LogP contribution < -0.4 is 5.73 Å². The van der Waals surface area contributed by atoms with E-state index in [9.17, 15) is 8.42 Å². The van der Waals surface area contributed by atoms with Gasteiger partial charge in [0.25, 0.3) is 0 Å². The Morgan fingerprint density at radius 2 is 1.95 bits per heavy atom. The molecule has 1 heterocycles. The zero-order valence-corrected chi connectivity index (χ0v) is 12.7. The van der Waals surface area contributed by atoms with Crippen LogP contribution in [-0.2, 0) is 15.8 Å². The van der Waals surface area contributed by atoms with Gasteiger partial charge >= 0.3 is 0 Å². The number of nitrogens with zero attached hydrogens (tertiary/aromatic N) is 1. The van der Waals surface area contributed by atoms with Crippen LogP contribution in [0.2, 0.25) is 0 Å². The Hall–Kier alpha value is -0.620. The van der Waals surface area contributed by atoms with Crippen molar-refractivity contribution in [2.45, 2.75) is 31.6 Å². The molecule has 6 heteroatoms. The average Bonchev–Trinajstić information content (AvgIpc) is 2.29. The first kappa shape index (κ1) is 16.4. The molecule has 4 nitrogen and oxygen atoms in total. The topological polar surface area (TPSA) is 63.4 Å². The lowest BCUT2D eigenvalue weighted by Crippen LogP contribution is -2.43. The molecule has 1 aromatic rings. The second-order valence-corrected chi connectivity index (χ2v) is 6.95. The maximum atomic E-state index is 12.3. The SMILES string of the molecule is Cc1cccc(CS(=O)(=O)N2CCC(N)CC2)c1.Cl. The summed E-state index contributed by atoms with van der Waals surface area (Å²) in [5.41, 5.74) is 7.73. The molecule has 1 aromatic carbocycles. The average molecular weight is 305 g/mol. The minimum Gasteiger partial charge on any atom is -0.328 e. The van der Waals surface area contributed by atoms with Gasteiger partial charge in [0.1, 0.15) is 0 Å². The van der Waals surface area contributed by atoms with E-state index < -0.39 is 10.0 Å². The second kappa shape index (κ2) is 6.70. The lowest BCUT2D eigenvalue weighted by atomic mass is 10.1. The van der Waals surface area contributed by atoms with Gasteiger partial charge in [-0.25, -0.2) is 12.7 Å². The van der Waals surface area contributed by atoms with Crippen LogP contribution in [0.5, 0.6) is 0 Å². The van der Waals surface area contributed by atoms with Crippen LogP contribution in [0.1, 0.15) is 24.0 Å². The molecule has 108 valence electrons. The molecule has 0 bridgehead atoms. The van der Waals surface area contributed by atoms with Crippen molar-refractivity contribution in [2.24, 2.45) is 5.73 Å². The number of aryl methyl sites for hydroxylation is 1. The summed E-state index contributed by atoms with van der Waals surface area (Å²) in [6, 6.07) is 7.80. The van der Waals surface area contributed by atoms with Crippen molar-refractivity contribution in [3.8, 4) is 0 Å². The van der Waals surface area contributed by atoms with Crippen molar-refractivity contribution in [2.75, 3.05) is 13.1 Å². The first-order valence-electron chi connectivity index (χ1n) is 6.26. The number of nitrogens with two attached hydrogens (primary N) is 1. The molecule has 2 N–H and O–H groups in total. The lowest BCUT2D eigenvalue weighted by molar-refractivity contribution is 0.319. The molecule has 0 atom stereocenters. The van der Waals surface area contributed by atoms with E-state index in [1.165, 1.54) is 0 Å². The minimum absolute atomic E-state index is 0. The molecule has 19 heavy (non-hydrogen) atoms. The highest BCUT2D eigenvalue weighted by atomic mass is 35.5.